The largest absolute Gasteiger partial charge is 0.391 e. The summed E-state index contributed by atoms with van der Waals surface area (Å²) in [6.07, 6.45) is -0.873. The van der Waals surface area contributed by atoms with E-state index in [2.05, 4.69) is 0 Å². The predicted octanol–water partition coefficient (Wildman–Crippen LogP) is 1.63. The minimum absolute atomic E-state index is 0.132. The molecule has 5 nitrogen and oxygen atoms in total. The second-order valence-corrected chi connectivity index (χ2v) is 3.66. The minimum Gasteiger partial charge on any atom is -0.391 e. The standard InChI is InChI=1S/C9H11ClN2O3/c1-5(13)9(11)7-4-6(10)2-3-8(7)12(14)15/h2-5,9,13H,11H2,1H3/t5-,9-/m1/s1. The van der Waals surface area contributed by atoms with Crippen LogP contribution in [0.4, 0.5) is 5.69 Å². The molecular formula is C9H11ClN2O3. The fraction of sp³-hybridized carbons (Fsp3) is 0.333. The molecule has 3 N–H and O–H groups in total. The number of nitrogens with two attached hydrogens (primary N) is 1. The van der Waals surface area contributed by atoms with Crippen LogP contribution >= 0.6 is 11.6 Å². The van der Waals surface area contributed by atoms with E-state index < -0.39 is 17.1 Å². The Labute approximate surface area is 91.6 Å². The average molecular weight is 231 g/mol. The third kappa shape index (κ3) is 2.65. The molecule has 0 aliphatic carbocycles. The van der Waals surface area contributed by atoms with Crippen LogP contribution in [-0.4, -0.2) is 16.1 Å². The van der Waals surface area contributed by atoms with Gasteiger partial charge < -0.3 is 10.8 Å². The minimum atomic E-state index is -0.873. The van der Waals surface area contributed by atoms with Gasteiger partial charge in [0.05, 0.1) is 22.6 Å². The first-order valence-electron chi connectivity index (χ1n) is 4.31. The van der Waals surface area contributed by atoms with Gasteiger partial charge in [0.25, 0.3) is 5.69 Å². The van der Waals surface area contributed by atoms with Gasteiger partial charge in [0, 0.05) is 11.1 Å². The molecule has 0 amide bonds. The van der Waals surface area contributed by atoms with Crippen LogP contribution in [0.15, 0.2) is 18.2 Å². The summed E-state index contributed by atoms with van der Waals surface area (Å²) in [6, 6.07) is 3.28. The van der Waals surface area contributed by atoms with E-state index in [1.54, 1.807) is 0 Å². The van der Waals surface area contributed by atoms with Gasteiger partial charge in [-0.3, -0.25) is 10.1 Å². The monoisotopic (exact) mass is 230 g/mol. The maximum absolute atomic E-state index is 10.7. The lowest BCUT2D eigenvalue weighted by Crippen LogP contribution is -2.24. The molecule has 0 aliphatic rings. The molecule has 0 saturated carbocycles. The quantitative estimate of drug-likeness (QED) is 0.610. The second-order valence-electron chi connectivity index (χ2n) is 3.23. The summed E-state index contributed by atoms with van der Waals surface area (Å²) in [5.74, 6) is 0. The molecule has 0 spiro atoms. The summed E-state index contributed by atoms with van der Waals surface area (Å²) in [7, 11) is 0. The van der Waals surface area contributed by atoms with Crippen molar-refractivity contribution in [1.29, 1.82) is 0 Å². The van der Waals surface area contributed by atoms with Crippen LogP contribution in [-0.2, 0) is 0 Å². The number of benzene rings is 1. The molecule has 0 bridgehead atoms. The number of halogens is 1. The number of aliphatic hydroxyl groups excluding tert-OH is 1. The Bertz CT molecular complexity index is 382. The van der Waals surface area contributed by atoms with Crippen LogP contribution in [0.25, 0.3) is 0 Å². The molecule has 1 aromatic carbocycles. The Morgan fingerprint density at radius 2 is 2.20 bits per heavy atom. The van der Waals surface area contributed by atoms with Crippen molar-refractivity contribution in [1.82, 2.24) is 0 Å². The zero-order valence-electron chi connectivity index (χ0n) is 8.05. The summed E-state index contributed by atoms with van der Waals surface area (Å²) >= 11 is 5.71. The van der Waals surface area contributed by atoms with Gasteiger partial charge in [0.1, 0.15) is 0 Å². The Hall–Kier alpha value is -1.17. The van der Waals surface area contributed by atoms with E-state index in [1.165, 1.54) is 25.1 Å². The molecular weight excluding hydrogens is 220 g/mol. The molecule has 15 heavy (non-hydrogen) atoms. The van der Waals surface area contributed by atoms with Gasteiger partial charge >= 0.3 is 0 Å². The molecule has 2 atom stereocenters. The molecule has 0 aromatic heterocycles. The van der Waals surface area contributed by atoms with E-state index in [0.29, 0.717) is 5.02 Å². The number of hydrogen-bond donors (Lipinski definition) is 2. The molecule has 6 heteroatoms. The van der Waals surface area contributed by atoms with Crippen LogP contribution in [0.2, 0.25) is 5.02 Å². The lowest BCUT2D eigenvalue weighted by molar-refractivity contribution is -0.385. The summed E-state index contributed by atoms with van der Waals surface area (Å²) in [5, 5.41) is 20.3. The number of nitro benzene ring substituents is 1. The molecule has 1 rings (SSSR count). The van der Waals surface area contributed by atoms with Gasteiger partial charge in [-0.2, -0.15) is 0 Å². The van der Waals surface area contributed by atoms with Crippen LogP contribution in [0.1, 0.15) is 18.5 Å². The van der Waals surface area contributed by atoms with Crippen LogP contribution < -0.4 is 5.73 Å². The first kappa shape index (κ1) is 11.9. The van der Waals surface area contributed by atoms with Crippen molar-refractivity contribution in [2.75, 3.05) is 0 Å². The van der Waals surface area contributed by atoms with Gasteiger partial charge in [0.2, 0.25) is 0 Å². The fourth-order valence-corrected chi connectivity index (χ4v) is 1.40. The lowest BCUT2D eigenvalue weighted by atomic mass is 10.0. The van der Waals surface area contributed by atoms with Crippen molar-refractivity contribution in [3.05, 3.63) is 38.9 Å². The van der Waals surface area contributed by atoms with E-state index in [0.717, 1.165) is 0 Å². The molecule has 0 aliphatic heterocycles. The lowest BCUT2D eigenvalue weighted by Gasteiger charge is -2.15. The first-order chi connectivity index (χ1) is 6.93. The topological polar surface area (TPSA) is 89.4 Å². The third-order valence-corrected chi connectivity index (χ3v) is 2.30. The van der Waals surface area contributed by atoms with E-state index in [1.807, 2.05) is 0 Å². The Balaban J connectivity index is 3.24. The normalized spacial score (nSPS) is 14.7. The number of aliphatic hydroxyl groups is 1. The van der Waals surface area contributed by atoms with Crippen molar-refractivity contribution in [3.63, 3.8) is 0 Å². The zero-order chi connectivity index (χ0) is 11.6. The van der Waals surface area contributed by atoms with E-state index in [4.69, 9.17) is 17.3 Å². The van der Waals surface area contributed by atoms with Gasteiger partial charge in [-0.1, -0.05) is 11.6 Å². The SMILES string of the molecule is C[C@@H](O)[C@@H](N)c1cc(Cl)ccc1[N+](=O)[O-]. The molecule has 0 fully saturated rings. The summed E-state index contributed by atoms with van der Waals surface area (Å²) in [6.45, 7) is 1.47. The van der Waals surface area contributed by atoms with Crippen molar-refractivity contribution in [2.45, 2.75) is 19.1 Å². The van der Waals surface area contributed by atoms with Crippen LogP contribution in [0.3, 0.4) is 0 Å². The third-order valence-electron chi connectivity index (χ3n) is 2.07. The highest BCUT2D eigenvalue weighted by Crippen LogP contribution is 2.28. The van der Waals surface area contributed by atoms with E-state index in [-0.39, 0.29) is 11.3 Å². The number of hydrogen-bond acceptors (Lipinski definition) is 4. The maximum Gasteiger partial charge on any atom is 0.274 e. The summed E-state index contributed by atoms with van der Waals surface area (Å²) < 4.78 is 0. The Kier molecular flexibility index (Phi) is 3.62. The Morgan fingerprint density at radius 1 is 1.60 bits per heavy atom. The predicted molar refractivity (Wildman–Crippen MR) is 56.7 cm³/mol. The highest BCUT2D eigenvalue weighted by atomic mass is 35.5. The summed E-state index contributed by atoms with van der Waals surface area (Å²) in [4.78, 5) is 10.1. The van der Waals surface area contributed by atoms with E-state index in [9.17, 15) is 15.2 Å². The van der Waals surface area contributed by atoms with Gasteiger partial charge in [-0.15, -0.1) is 0 Å². The van der Waals surface area contributed by atoms with Gasteiger partial charge in [-0.05, 0) is 19.1 Å². The summed E-state index contributed by atoms with van der Waals surface area (Å²) in [5.41, 5.74) is 5.74. The fourth-order valence-electron chi connectivity index (χ4n) is 1.22. The van der Waals surface area contributed by atoms with Crippen LogP contribution in [0.5, 0.6) is 0 Å². The maximum atomic E-state index is 10.7. The second kappa shape index (κ2) is 4.57. The highest BCUT2D eigenvalue weighted by molar-refractivity contribution is 6.30. The van der Waals surface area contributed by atoms with Crippen LogP contribution in [0, 0.1) is 10.1 Å². The number of rotatable bonds is 3. The molecule has 1 aromatic rings. The van der Waals surface area contributed by atoms with Gasteiger partial charge in [-0.25, -0.2) is 0 Å². The number of nitrogens with zero attached hydrogens (tertiary/aromatic N) is 1. The zero-order valence-corrected chi connectivity index (χ0v) is 8.81. The number of nitro groups is 1. The molecule has 0 radical (unpaired) electrons. The molecule has 82 valence electrons. The smallest absolute Gasteiger partial charge is 0.274 e. The highest BCUT2D eigenvalue weighted by Gasteiger charge is 2.22. The van der Waals surface area contributed by atoms with Crippen molar-refractivity contribution in [2.24, 2.45) is 5.73 Å². The molecule has 0 heterocycles. The Morgan fingerprint density at radius 3 is 2.67 bits per heavy atom. The van der Waals surface area contributed by atoms with Crippen molar-refractivity contribution >= 4 is 17.3 Å². The first-order valence-corrected chi connectivity index (χ1v) is 4.68. The molecule has 0 unspecified atom stereocenters. The van der Waals surface area contributed by atoms with Gasteiger partial charge in [0.15, 0.2) is 0 Å². The van der Waals surface area contributed by atoms with Crippen molar-refractivity contribution < 1.29 is 10.0 Å². The average Bonchev–Trinajstić information content (AvgIpc) is 2.15. The van der Waals surface area contributed by atoms with E-state index >= 15 is 0 Å². The molecule has 0 saturated heterocycles. The van der Waals surface area contributed by atoms with Crippen molar-refractivity contribution in [3.8, 4) is 0 Å².